The number of piperidine rings is 3. The van der Waals surface area contributed by atoms with Crippen LogP contribution in [-0.2, 0) is 6.54 Å². The maximum atomic E-state index is 5.56. The van der Waals surface area contributed by atoms with Gasteiger partial charge in [-0.2, -0.15) is 0 Å². The molecule has 2 bridgehead atoms. The van der Waals surface area contributed by atoms with Crippen LogP contribution in [-0.4, -0.2) is 37.2 Å². The molecule has 6 rings (SSSR count). The average molecular weight is 419 g/mol. The first-order valence-corrected chi connectivity index (χ1v) is 11.9. The number of hydrogen-bond donors (Lipinski definition) is 1. The van der Waals surface area contributed by atoms with E-state index in [4.69, 9.17) is 4.74 Å². The molecule has 4 heterocycles. The molecule has 2 atom stereocenters. The molecular formula is C26H30N2OS. The molecule has 3 aliphatic heterocycles. The van der Waals surface area contributed by atoms with Crippen molar-refractivity contribution in [3.63, 3.8) is 0 Å². The van der Waals surface area contributed by atoms with E-state index < -0.39 is 0 Å². The van der Waals surface area contributed by atoms with Crippen LogP contribution >= 0.6 is 11.3 Å². The summed E-state index contributed by atoms with van der Waals surface area (Å²) in [6.45, 7) is 3.31. The van der Waals surface area contributed by atoms with Gasteiger partial charge in [0.1, 0.15) is 5.75 Å². The van der Waals surface area contributed by atoms with Crippen LogP contribution in [0.5, 0.6) is 5.75 Å². The molecule has 0 radical (unpaired) electrons. The Labute approximate surface area is 183 Å². The number of fused-ring (bicyclic) bond motifs is 3. The average Bonchev–Trinajstić information content (AvgIpc) is 3.28. The zero-order valence-electron chi connectivity index (χ0n) is 17.5. The summed E-state index contributed by atoms with van der Waals surface area (Å²) in [6.07, 6.45) is 2.60. The summed E-state index contributed by atoms with van der Waals surface area (Å²) in [4.78, 5) is 4.04. The first-order chi connectivity index (χ1) is 14.8. The van der Waals surface area contributed by atoms with E-state index in [1.54, 1.807) is 18.4 Å². The minimum Gasteiger partial charge on any atom is -0.496 e. The fraction of sp³-hybridized carbons (Fsp3) is 0.385. The van der Waals surface area contributed by atoms with E-state index >= 15 is 0 Å². The standard InChI is InChI=1S/C26H30N2OS/c1-29-22-14-17-30-23(22)18-27-25-21-12-15-28(16-13-21)26(25)24(19-8-4-2-5-9-19)20-10-6-3-7-11-20/h2-11,14,17,21,24-27H,12-13,15-16,18H2,1H3. The van der Waals surface area contributed by atoms with Gasteiger partial charge in [0.15, 0.2) is 0 Å². The molecular weight excluding hydrogens is 388 g/mol. The summed E-state index contributed by atoms with van der Waals surface area (Å²) in [6, 6.07) is 25.2. The smallest absolute Gasteiger partial charge is 0.134 e. The fourth-order valence-electron chi connectivity index (χ4n) is 5.55. The predicted molar refractivity (Wildman–Crippen MR) is 124 cm³/mol. The van der Waals surface area contributed by atoms with Crippen molar-refractivity contribution < 1.29 is 4.74 Å². The highest BCUT2D eigenvalue weighted by molar-refractivity contribution is 7.10. The second-order valence-electron chi connectivity index (χ2n) is 8.48. The highest BCUT2D eigenvalue weighted by Crippen LogP contribution is 2.42. The van der Waals surface area contributed by atoms with E-state index in [1.165, 1.54) is 41.9 Å². The normalized spacial score (nSPS) is 25.5. The summed E-state index contributed by atoms with van der Waals surface area (Å²) in [5.74, 6) is 2.12. The summed E-state index contributed by atoms with van der Waals surface area (Å²) in [7, 11) is 1.77. The summed E-state index contributed by atoms with van der Waals surface area (Å²) in [5, 5.41) is 6.11. The van der Waals surface area contributed by atoms with Gasteiger partial charge in [-0.15, -0.1) is 11.3 Å². The fourth-order valence-corrected chi connectivity index (χ4v) is 6.34. The largest absolute Gasteiger partial charge is 0.496 e. The lowest BCUT2D eigenvalue weighted by atomic mass is 9.70. The third-order valence-corrected chi connectivity index (χ3v) is 7.86. The van der Waals surface area contributed by atoms with Gasteiger partial charge in [0.25, 0.3) is 0 Å². The number of methoxy groups -OCH3 is 1. The molecule has 156 valence electrons. The molecule has 3 aromatic rings. The maximum Gasteiger partial charge on any atom is 0.134 e. The van der Waals surface area contributed by atoms with E-state index in [0.29, 0.717) is 18.0 Å². The number of nitrogens with zero attached hydrogens (tertiary/aromatic N) is 1. The lowest BCUT2D eigenvalue weighted by molar-refractivity contribution is 0.00472. The zero-order valence-corrected chi connectivity index (χ0v) is 18.4. The molecule has 3 fully saturated rings. The van der Waals surface area contributed by atoms with Gasteiger partial charge < -0.3 is 10.1 Å². The van der Waals surface area contributed by atoms with Gasteiger partial charge in [0.2, 0.25) is 0 Å². The van der Waals surface area contributed by atoms with Crippen molar-refractivity contribution >= 4 is 11.3 Å². The molecule has 3 aliphatic rings. The number of nitrogens with one attached hydrogen (secondary N) is 1. The Hall–Kier alpha value is -2.14. The van der Waals surface area contributed by atoms with Crippen LogP contribution in [0.4, 0.5) is 0 Å². The van der Waals surface area contributed by atoms with Crippen molar-refractivity contribution in [2.45, 2.75) is 37.4 Å². The first kappa shape index (κ1) is 19.8. The Morgan fingerprint density at radius 2 is 1.60 bits per heavy atom. The van der Waals surface area contributed by atoms with Gasteiger partial charge in [0.05, 0.1) is 12.0 Å². The Morgan fingerprint density at radius 3 is 2.20 bits per heavy atom. The molecule has 2 unspecified atom stereocenters. The van der Waals surface area contributed by atoms with E-state index in [2.05, 4.69) is 82.3 Å². The second kappa shape index (κ2) is 8.93. The molecule has 0 spiro atoms. The molecule has 4 heteroatoms. The van der Waals surface area contributed by atoms with Crippen LogP contribution < -0.4 is 10.1 Å². The van der Waals surface area contributed by atoms with Crippen molar-refractivity contribution in [3.8, 4) is 5.75 Å². The van der Waals surface area contributed by atoms with Gasteiger partial charge in [-0.3, -0.25) is 4.90 Å². The van der Waals surface area contributed by atoms with Gasteiger partial charge in [-0.1, -0.05) is 60.7 Å². The van der Waals surface area contributed by atoms with Crippen LogP contribution in [0.1, 0.15) is 34.8 Å². The SMILES string of the molecule is COc1ccsc1CNC1C2CCN(CC2)C1C(c1ccccc1)c1ccccc1. The van der Waals surface area contributed by atoms with Crippen LogP contribution in [0, 0.1) is 5.92 Å². The van der Waals surface area contributed by atoms with Gasteiger partial charge >= 0.3 is 0 Å². The zero-order chi connectivity index (χ0) is 20.3. The quantitative estimate of drug-likeness (QED) is 0.575. The Kier molecular flexibility index (Phi) is 5.89. The molecule has 30 heavy (non-hydrogen) atoms. The van der Waals surface area contributed by atoms with Crippen molar-refractivity contribution in [2.75, 3.05) is 20.2 Å². The summed E-state index contributed by atoms with van der Waals surface area (Å²) >= 11 is 1.78. The lowest BCUT2D eigenvalue weighted by Gasteiger charge is -2.54. The van der Waals surface area contributed by atoms with Crippen molar-refractivity contribution in [1.29, 1.82) is 0 Å². The third kappa shape index (κ3) is 3.80. The maximum absolute atomic E-state index is 5.56. The second-order valence-corrected chi connectivity index (χ2v) is 9.48. The van der Waals surface area contributed by atoms with Crippen LogP contribution in [0.2, 0.25) is 0 Å². The third-order valence-electron chi connectivity index (χ3n) is 6.95. The van der Waals surface area contributed by atoms with E-state index in [9.17, 15) is 0 Å². The summed E-state index contributed by atoms with van der Waals surface area (Å²) in [5.41, 5.74) is 2.84. The van der Waals surface area contributed by atoms with Gasteiger partial charge in [-0.05, 0) is 54.4 Å². The first-order valence-electron chi connectivity index (χ1n) is 11.0. The molecule has 0 amide bonds. The minimum atomic E-state index is 0.373. The Balaban J connectivity index is 1.49. The molecule has 0 saturated carbocycles. The number of rotatable bonds is 7. The van der Waals surface area contributed by atoms with Crippen LogP contribution in [0.15, 0.2) is 72.1 Å². The molecule has 1 aromatic heterocycles. The number of ether oxygens (including phenoxy) is 1. The highest BCUT2D eigenvalue weighted by Gasteiger charge is 2.46. The van der Waals surface area contributed by atoms with E-state index in [0.717, 1.165) is 18.2 Å². The van der Waals surface area contributed by atoms with Crippen molar-refractivity contribution in [1.82, 2.24) is 10.2 Å². The lowest BCUT2D eigenvalue weighted by Crippen LogP contribution is -2.64. The summed E-state index contributed by atoms with van der Waals surface area (Å²) < 4.78 is 5.56. The number of benzene rings is 2. The number of thiophene rings is 1. The van der Waals surface area contributed by atoms with E-state index in [1.807, 2.05) is 0 Å². The number of hydrogen-bond acceptors (Lipinski definition) is 4. The molecule has 3 saturated heterocycles. The molecule has 0 aliphatic carbocycles. The molecule has 3 nitrogen and oxygen atoms in total. The Morgan fingerprint density at radius 1 is 0.967 bits per heavy atom. The van der Waals surface area contributed by atoms with Crippen molar-refractivity contribution in [2.24, 2.45) is 5.92 Å². The monoisotopic (exact) mass is 418 g/mol. The highest BCUT2D eigenvalue weighted by atomic mass is 32.1. The topological polar surface area (TPSA) is 24.5 Å². The van der Waals surface area contributed by atoms with E-state index in [-0.39, 0.29) is 0 Å². The van der Waals surface area contributed by atoms with Crippen LogP contribution in [0.3, 0.4) is 0 Å². The molecule has 2 aromatic carbocycles. The molecule has 1 N–H and O–H groups in total. The van der Waals surface area contributed by atoms with Crippen LogP contribution in [0.25, 0.3) is 0 Å². The van der Waals surface area contributed by atoms with Crippen molar-refractivity contribution in [3.05, 3.63) is 88.1 Å². The minimum absolute atomic E-state index is 0.373. The Bertz CT molecular complexity index is 894. The predicted octanol–water partition coefficient (Wildman–Crippen LogP) is 5.14. The van der Waals surface area contributed by atoms with Gasteiger partial charge in [0, 0.05) is 24.5 Å². The van der Waals surface area contributed by atoms with Gasteiger partial charge in [-0.25, -0.2) is 0 Å².